The van der Waals surface area contributed by atoms with Gasteiger partial charge in [-0.3, -0.25) is 9.78 Å². The van der Waals surface area contributed by atoms with E-state index in [0.29, 0.717) is 11.1 Å². The van der Waals surface area contributed by atoms with Gasteiger partial charge in [-0.15, -0.1) is 0 Å². The van der Waals surface area contributed by atoms with Crippen LogP contribution in [0.2, 0.25) is 0 Å². The second kappa shape index (κ2) is 11.8. The van der Waals surface area contributed by atoms with E-state index in [1.165, 1.54) is 11.0 Å². The van der Waals surface area contributed by atoms with Crippen LogP contribution in [0.1, 0.15) is 61.8 Å². The quantitative estimate of drug-likeness (QED) is 0.469. The van der Waals surface area contributed by atoms with Crippen molar-refractivity contribution < 1.29 is 37.0 Å². The number of carbonyl (C=O) groups excluding carboxylic acids is 2. The number of carbonyl (C=O) groups is 2. The van der Waals surface area contributed by atoms with Crippen LogP contribution in [0.5, 0.6) is 0 Å². The van der Waals surface area contributed by atoms with E-state index in [1.54, 1.807) is 46.2 Å². The highest BCUT2D eigenvalue weighted by atomic mass is 32.2. The molecule has 4 rings (SSSR count). The summed E-state index contributed by atoms with van der Waals surface area (Å²) in [6, 6.07) is 3.48. The molecule has 4 heterocycles. The Morgan fingerprint density at radius 2 is 1.98 bits per heavy atom. The number of anilines is 1. The third-order valence-corrected chi connectivity index (χ3v) is 8.99. The van der Waals surface area contributed by atoms with Crippen LogP contribution in [0.4, 0.5) is 15.0 Å². The van der Waals surface area contributed by atoms with Crippen molar-refractivity contribution in [3.05, 3.63) is 53.2 Å². The van der Waals surface area contributed by atoms with Crippen molar-refractivity contribution in [3.63, 3.8) is 0 Å². The summed E-state index contributed by atoms with van der Waals surface area (Å²) in [5, 5.41) is 13.8. The number of Topliss-reactive ketones (excluding diaryl/α,β-unsaturated/α-hetero) is 1. The molecule has 0 aromatic carbocycles. The number of nitrogens with one attached hydrogen (secondary N) is 1. The topological polar surface area (TPSA) is 148 Å². The Labute approximate surface area is 233 Å². The molecule has 0 aliphatic carbocycles. The molecule has 0 unspecified atom stereocenters. The monoisotopic (exact) mass is 578 g/mol. The van der Waals surface area contributed by atoms with E-state index in [4.69, 9.17) is 9.47 Å². The molecule has 0 saturated carbocycles. The van der Waals surface area contributed by atoms with Crippen molar-refractivity contribution in [3.8, 4) is 0 Å². The van der Waals surface area contributed by atoms with Gasteiger partial charge in [-0.05, 0) is 57.0 Å². The van der Waals surface area contributed by atoms with E-state index < -0.39 is 45.6 Å². The molecule has 2 aromatic rings. The number of ketones is 1. The summed E-state index contributed by atoms with van der Waals surface area (Å²) >= 11 is 0. The molecule has 2 aliphatic rings. The molecule has 1 amide bonds. The molecule has 218 valence electrons. The molecule has 2 fully saturated rings. The lowest BCUT2D eigenvalue weighted by Gasteiger charge is -2.45. The van der Waals surface area contributed by atoms with Gasteiger partial charge in [0.2, 0.25) is 0 Å². The zero-order valence-corrected chi connectivity index (χ0v) is 23.8. The lowest BCUT2D eigenvalue weighted by molar-refractivity contribution is -0.176. The summed E-state index contributed by atoms with van der Waals surface area (Å²) in [5.74, 6) is -1.29. The van der Waals surface area contributed by atoms with Crippen LogP contribution in [0.25, 0.3) is 0 Å². The Kier molecular flexibility index (Phi) is 8.76. The Balaban J connectivity index is 1.54. The molecule has 0 spiro atoms. The van der Waals surface area contributed by atoms with Gasteiger partial charge in [0.15, 0.2) is 27.3 Å². The highest BCUT2D eigenvalue weighted by Gasteiger charge is 2.46. The molecule has 11 nitrogen and oxygen atoms in total. The molecular formula is C27H35FN4O7S. The molecule has 0 bridgehead atoms. The van der Waals surface area contributed by atoms with E-state index in [9.17, 15) is 27.5 Å². The van der Waals surface area contributed by atoms with Gasteiger partial charge in [0.1, 0.15) is 11.3 Å². The van der Waals surface area contributed by atoms with Gasteiger partial charge in [-0.2, -0.15) is 0 Å². The number of nitrogens with zero attached hydrogens (tertiary/aromatic N) is 3. The van der Waals surface area contributed by atoms with Crippen molar-refractivity contribution >= 4 is 27.5 Å². The SMILES string of the molecule is CC(C)OC(=O)N[C@@H]1C[C@H](c2ccncc2CC(=O)c2ccc(F)c(N3CCS(=O)(=O)CC3)n2)O[C@H](C)[C@@]1(C)O. The minimum Gasteiger partial charge on any atom is -0.447 e. The fourth-order valence-electron chi connectivity index (χ4n) is 4.87. The third-order valence-electron chi connectivity index (χ3n) is 7.38. The molecule has 2 aliphatic heterocycles. The summed E-state index contributed by atoms with van der Waals surface area (Å²) in [6.07, 6.45) is 1.00. The normalized spacial score (nSPS) is 26.4. The van der Waals surface area contributed by atoms with Crippen LogP contribution in [0.3, 0.4) is 0 Å². The number of aliphatic hydroxyl groups is 1. The predicted octanol–water partition coefficient (Wildman–Crippen LogP) is 2.38. The molecule has 2 saturated heterocycles. The minimum atomic E-state index is -3.17. The van der Waals surface area contributed by atoms with Crippen LogP contribution in [-0.2, 0) is 25.7 Å². The summed E-state index contributed by atoms with van der Waals surface area (Å²) in [7, 11) is -3.17. The number of halogens is 1. The predicted molar refractivity (Wildman–Crippen MR) is 144 cm³/mol. The fourth-order valence-corrected chi connectivity index (χ4v) is 6.07. The largest absolute Gasteiger partial charge is 0.447 e. The van der Waals surface area contributed by atoms with Crippen molar-refractivity contribution in [1.82, 2.24) is 15.3 Å². The molecule has 4 atom stereocenters. The maximum absolute atomic E-state index is 14.6. The number of ether oxygens (including phenoxy) is 2. The Hall–Kier alpha value is -3.16. The Bertz CT molecular complexity index is 1350. The van der Waals surface area contributed by atoms with Crippen LogP contribution < -0.4 is 10.2 Å². The first-order chi connectivity index (χ1) is 18.8. The van der Waals surface area contributed by atoms with Crippen LogP contribution >= 0.6 is 0 Å². The van der Waals surface area contributed by atoms with Gasteiger partial charge in [0, 0.05) is 38.3 Å². The number of amides is 1. The molecule has 2 N–H and O–H groups in total. The minimum absolute atomic E-state index is 0.0384. The van der Waals surface area contributed by atoms with Gasteiger partial charge in [-0.1, -0.05) is 0 Å². The van der Waals surface area contributed by atoms with Gasteiger partial charge in [-0.25, -0.2) is 22.6 Å². The highest BCUT2D eigenvalue weighted by Crippen LogP contribution is 2.38. The number of hydrogen-bond acceptors (Lipinski definition) is 10. The van der Waals surface area contributed by atoms with Crippen molar-refractivity contribution in [2.45, 2.75) is 70.5 Å². The van der Waals surface area contributed by atoms with Crippen molar-refractivity contribution in [2.24, 2.45) is 0 Å². The Morgan fingerprint density at radius 1 is 1.27 bits per heavy atom. The number of hydrogen-bond donors (Lipinski definition) is 2. The lowest BCUT2D eigenvalue weighted by atomic mass is 9.82. The number of aromatic nitrogens is 2. The number of alkyl carbamates (subject to hydrolysis) is 1. The van der Waals surface area contributed by atoms with Crippen LogP contribution in [0, 0.1) is 5.82 Å². The van der Waals surface area contributed by atoms with Gasteiger partial charge in [0.25, 0.3) is 0 Å². The maximum Gasteiger partial charge on any atom is 0.407 e. The summed E-state index contributed by atoms with van der Waals surface area (Å²) in [5.41, 5.74) is -0.112. The van der Waals surface area contributed by atoms with E-state index in [1.807, 2.05) is 0 Å². The van der Waals surface area contributed by atoms with Gasteiger partial charge in [0.05, 0.1) is 35.9 Å². The zero-order valence-electron chi connectivity index (χ0n) is 23.0. The van der Waals surface area contributed by atoms with Gasteiger partial charge < -0.3 is 24.8 Å². The standard InChI is InChI=1S/C27H35FN4O7S/c1-16(2)38-26(34)31-24-14-23(39-17(3)27(24,4)35)19-7-8-29-15-18(19)13-22(33)21-6-5-20(28)25(30-21)32-9-11-40(36,37)12-10-32/h5-8,15-17,23-24,35H,9-14H2,1-4H3,(H,31,34)/t17-,23-,24-,27-/m1/s1. The van der Waals surface area contributed by atoms with Crippen LogP contribution in [-0.4, -0.2) is 83.8 Å². The van der Waals surface area contributed by atoms with E-state index in [0.717, 1.165) is 6.07 Å². The summed E-state index contributed by atoms with van der Waals surface area (Å²) in [6.45, 7) is 6.93. The molecule has 40 heavy (non-hydrogen) atoms. The second-order valence-electron chi connectivity index (χ2n) is 10.7. The zero-order chi connectivity index (χ0) is 29.2. The third kappa shape index (κ3) is 6.76. The smallest absolute Gasteiger partial charge is 0.407 e. The summed E-state index contributed by atoms with van der Waals surface area (Å²) < 4.78 is 49.5. The maximum atomic E-state index is 14.6. The fraction of sp³-hybridized carbons (Fsp3) is 0.556. The van der Waals surface area contributed by atoms with Gasteiger partial charge >= 0.3 is 6.09 Å². The molecule has 0 radical (unpaired) electrons. The first kappa shape index (κ1) is 29.8. The van der Waals surface area contributed by atoms with Crippen LogP contribution in [0.15, 0.2) is 30.6 Å². The number of sulfone groups is 1. The number of rotatable bonds is 7. The van der Waals surface area contributed by atoms with E-state index in [-0.39, 0.29) is 60.8 Å². The van der Waals surface area contributed by atoms with Crippen molar-refractivity contribution in [1.29, 1.82) is 0 Å². The molecular weight excluding hydrogens is 543 g/mol. The Morgan fingerprint density at radius 3 is 2.65 bits per heavy atom. The van der Waals surface area contributed by atoms with E-state index in [2.05, 4.69) is 15.3 Å². The average Bonchev–Trinajstić information content (AvgIpc) is 2.87. The summed E-state index contributed by atoms with van der Waals surface area (Å²) in [4.78, 5) is 35.6. The highest BCUT2D eigenvalue weighted by molar-refractivity contribution is 7.91. The number of pyridine rings is 2. The second-order valence-corrected chi connectivity index (χ2v) is 13.0. The molecule has 13 heteroatoms. The lowest BCUT2D eigenvalue weighted by Crippen LogP contribution is -2.61. The molecule has 2 aromatic heterocycles. The van der Waals surface area contributed by atoms with Crippen molar-refractivity contribution in [2.75, 3.05) is 29.5 Å². The first-order valence-corrected chi connectivity index (χ1v) is 15.0. The average molecular weight is 579 g/mol. The van der Waals surface area contributed by atoms with E-state index >= 15 is 0 Å². The first-order valence-electron chi connectivity index (χ1n) is 13.2.